The van der Waals surface area contributed by atoms with Gasteiger partial charge in [0.15, 0.2) is 0 Å². The Labute approximate surface area is 85.7 Å². The Morgan fingerprint density at radius 2 is 2.08 bits per heavy atom. The molecule has 1 atom stereocenters. The minimum atomic E-state index is 0.776. The van der Waals surface area contributed by atoms with Crippen LogP contribution in [0.3, 0.4) is 0 Å². The largest absolute Gasteiger partial charge is 0.0895 e. The molecule has 0 N–H and O–H groups in total. The van der Waals surface area contributed by atoms with Crippen LogP contribution in [0.1, 0.15) is 44.9 Å². The van der Waals surface area contributed by atoms with Crippen molar-refractivity contribution in [1.82, 2.24) is 0 Å². The Balaban J connectivity index is 2.00. The summed E-state index contributed by atoms with van der Waals surface area (Å²) in [6.07, 6.45) is 13.7. The van der Waals surface area contributed by atoms with Crippen LogP contribution in [0.2, 0.25) is 0 Å². The van der Waals surface area contributed by atoms with E-state index in [4.69, 9.17) is 11.6 Å². The van der Waals surface area contributed by atoms with Gasteiger partial charge in [-0.15, -0.1) is 0 Å². The lowest BCUT2D eigenvalue weighted by Gasteiger charge is -2.25. The topological polar surface area (TPSA) is 0 Å². The molecular formula is C12H17Cl. The summed E-state index contributed by atoms with van der Waals surface area (Å²) in [5, 5.41) is 1.09. The molecule has 0 saturated heterocycles. The second kappa shape index (κ2) is 4.32. The first-order chi connectivity index (χ1) is 6.36. The molecule has 0 bridgehead atoms. The van der Waals surface area contributed by atoms with Crippen LogP contribution in [0.5, 0.6) is 0 Å². The van der Waals surface area contributed by atoms with Gasteiger partial charge in [-0.05, 0) is 50.9 Å². The van der Waals surface area contributed by atoms with Gasteiger partial charge in [-0.3, -0.25) is 0 Å². The van der Waals surface area contributed by atoms with E-state index in [-0.39, 0.29) is 0 Å². The molecule has 2 aliphatic rings. The van der Waals surface area contributed by atoms with Crippen molar-refractivity contribution < 1.29 is 0 Å². The first-order valence-corrected chi connectivity index (χ1v) is 5.77. The number of allylic oxidation sites excluding steroid dienone is 4. The van der Waals surface area contributed by atoms with E-state index in [0.717, 1.165) is 17.4 Å². The standard InChI is InChI=1S/C12H17Cl/c13-12-8-4-7-11(9-12)10-5-2-1-3-6-10/h5,8,11H,1-4,6-7,9H2. The van der Waals surface area contributed by atoms with Gasteiger partial charge in [0, 0.05) is 5.03 Å². The summed E-state index contributed by atoms with van der Waals surface area (Å²) in [5.74, 6) is 0.776. The molecule has 0 fully saturated rings. The van der Waals surface area contributed by atoms with Gasteiger partial charge in [0.2, 0.25) is 0 Å². The summed E-state index contributed by atoms with van der Waals surface area (Å²) >= 11 is 6.06. The van der Waals surface area contributed by atoms with Crippen molar-refractivity contribution in [3.63, 3.8) is 0 Å². The highest BCUT2D eigenvalue weighted by Crippen LogP contribution is 2.35. The maximum absolute atomic E-state index is 6.06. The highest BCUT2D eigenvalue weighted by molar-refractivity contribution is 6.29. The second-order valence-corrected chi connectivity index (χ2v) is 4.64. The predicted octanol–water partition coefficient (Wildman–Crippen LogP) is 4.41. The molecule has 72 valence electrons. The van der Waals surface area contributed by atoms with Crippen molar-refractivity contribution in [2.45, 2.75) is 44.9 Å². The van der Waals surface area contributed by atoms with Crippen LogP contribution in [-0.2, 0) is 0 Å². The molecule has 0 aromatic carbocycles. The summed E-state index contributed by atoms with van der Waals surface area (Å²) in [6.45, 7) is 0. The van der Waals surface area contributed by atoms with Gasteiger partial charge in [-0.2, -0.15) is 0 Å². The van der Waals surface area contributed by atoms with Crippen LogP contribution in [0.15, 0.2) is 22.8 Å². The Morgan fingerprint density at radius 1 is 1.15 bits per heavy atom. The first kappa shape index (κ1) is 9.33. The van der Waals surface area contributed by atoms with E-state index in [1.54, 1.807) is 5.57 Å². The van der Waals surface area contributed by atoms with Crippen molar-refractivity contribution in [1.29, 1.82) is 0 Å². The molecule has 0 nitrogen and oxygen atoms in total. The van der Waals surface area contributed by atoms with E-state index >= 15 is 0 Å². The van der Waals surface area contributed by atoms with Crippen LogP contribution < -0.4 is 0 Å². The zero-order chi connectivity index (χ0) is 9.10. The molecule has 0 heterocycles. The molecule has 2 rings (SSSR count). The molecule has 0 aromatic heterocycles. The maximum Gasteiger partial charge on any atom is 0.0147 e. The van der Waals surface area contributed by atoms with E-state index < -0.39 is 0 Å². The molecule has 0 saturated carbocycles. The van der Waals surface area contributed by atoms with Gasteiger partial charge in [0.1, 0.15) is 0 Å². The van der Waals surface area contributed by atoms with Crippen molar-refractivity contribution in [3.05, 3.63) is 22.8 Å². The SMILES string of the molecule is ClC1=CCCC(C2=CCCCC2)C1. The van der Waals surface area contributed by atoms with Gasteiger partial charge in [0.25, 0.3) is 0 Å². The third-order valence-corrected chi connectivity index (χ3v) is 3.48. The van der Waals surface area contributed by atoms with E-state index in [9.17, 15) is 0 Å². The quantitative estimate of drug-likeness (QED) is 0.545. The van der Waals surface area contributed by atoms with Crippen LogP contribution in [0.4, 0.5) is 0 Å². The first-order valence-electron chi connectivity index (χ1n) is 5.40. The third-order valence-electron chi connectivity index (χ3n) is 3.17. The molecule has 0 aromatic rings. The van der Waals surface area contributed by atoms with E-state index in [1.807, 2.05) is 0 Å². The van der Waals surface area contributed by atoms with E-state index in [2.05, 4.69) is 12.2 Å². The van der Waals surface area contributed by atoms with Crippen LogP contribution in [0, 0.1) is 5.92 Å². The monoisotopic (exact) mass is 196 g/mol. The molecule has 0 aliphatic heterocycles. The Kier molecular flexibility index (Phi) is 3.10. The molecule has 2 aliphatic carbocycles. The van der Waals surface area contributed by atoms with Crippen LogP contribution in [-0.4, -0.2) is 0 Å². The van der Waals surface area contributed by atoms with Gasteiger partial charge in [-0.1, -0.05) is 29.3 Å². The lowest BCUT2D eigenvalue weighted by atomic mass is 9.82. The predicted molar refractivity (Wildman–Crippen MR) is 57.8 cm³/mol. The summed E-state index contributed by atoms with van der Waals surface area (Å²) < 4.78 is 0. The number of halogens is 1. The fraction of sp³-hybridized carbons (Fsp3) is 0.667. The number of hydrogen-bond donors (Lipinski definition) is 0. The highest BCUT2D eigenvalue weighted by atomic mass is 35.5. The highest BCUT2D eigenvalue weighted by Gasteiger charge is 2.19. The molecule has 0 spiro atoms. The van der Waals surface area contributed by atoms with Gasteiger partial charge >= 0.3 is 0 Å². The molecule has 13 heavy (non-hydrogen) atoms. The fourth-order valence-electron chi connectivity index (χ4n) is 2.41. The summed E-state index contributed by atoms with van der Waals surface area (Å²) in [5.41, 5.74) is 1.69. The molecule has 0 radical (unpaired) electrons. The van der Waals surface area contributed by atoms with Crippen molar-refractivity contribution in [2.24, 2.45) is 5.92 Å². The van der Waals surface area contributed by atoms with Crippen LogP contribution >= 0.6 is 11.6 Å². The summed E-state index contributed by atoms with van der Waals surface area (Å²) in [4.78, 5) is 0. The zero-order valence-electron chi connectivity index (χ0n) is 8.06. The lowest BCUT2D eigenvalue weighted by molar-refractivity contribution is 0.504. The Hall–Kier alpha value is -0.230. The smallest absolute Gasteiger partial charge is 0.0147 e. The van der Waals surface area contributed by atoms with Crippen molar-refractivity contribution in [2.75, 3.05) is 0 Å². The average molecular weight is 197 g/mol. The summed E-state index contributed by atoms with van der Waals surface area (Å²) in [7, 11) is 0. The van der Waals surface area contributed by atoms with Gasteiger partial charge in [-0.25, -0.2) is 0 Å². The Bertz CT molecular complexity index is 238. The van der Waals surface area contributed by atoms with Crippen molar-refractivity contribution in [3.8, 4) is 0 Å². The van der Waals surface area contributed by atoms with Gasteiger partial charge < -0.3 is 0 Å². The maximum atomic E-state index is 6.06. The number of rotatable bonds is 1. The normalized spacial score (nSPS) is 29.5. The Morgan fingerprint density at radius 3 is 2.77 bits per heavy atom. The molecule has 1 heteroatoms. The minimum absolute atomic E-state index is 0.776. The zero-order valence-corrected chi connectivity index (χ0v) is 8.82. The number of hydrogen-bond acceptors (Lipinski definition) is 0. The lowest BCUT2D eigenvalue weighted by Crippen LogP contribution is -2.10. The van der Waals surface area contributed by atoms with E-state index in [0.29, 0.717) is 0 Å². The molecular weight excluding hydrogens is 180 g/mol. The van der Waals surface area contributed by atoms with Crippen LogP contribution in [0.25, 0.3) is 0 Å². The van der Waals surface area contributed by atoms with E-state index in [1.165, 1.54) is 38.5 Å². The molecule has 1 unspecified atom stereocenters. The summed E-state index contributed by atoms with van der Waals surface area (Å²) in [6, 6.07) is 0. The second-order valence-electron chi connectivity index (χ2n) is 4.15. The fourth-order valence-corrected chi connectivity index (χ4v) is 2.71. The van der Waals surface area contributed by atoms with Crippen molar-refractivity contribution >= 4 is 11.6 Å². The molecule has 0 amide bonds. The average Bonchev–Trinajstić information content (AvgIpc) is 2.19. The minimum Gasteiger partial charge on any atom is -0.0895 e. The van der Waals surface area contributed by atoms with Gasteiger partial charge in [0.05, 0.1) is 0 Å². The third kappa shape index (κ3) is 2.37.